The first-order chi connectivity index (χ1) is 10.0. The molecule has 0 aliphatic heterocycles. The fourth-order valence-electron chi connectivity index (χ4n) is 2.34. The van der Waals surface area contributed by atoms with Crippen molar-refractivity contribution in [1.29, 1.82) is 0 Å². The molecule has 1 aliphatic carbocycles. The molecule has 2 aromatic rings. The van der Waals surface area contributed by atoms with Crippen molar-refractivity contribution in [2.75, 3.05) is 12.9 Å². The molecule has 1 aliphatic rings. The number of fused-ring (bicyclic) bond motifs is 1. The number of amides is 1. The molecule has 1 aromatic heterocycles. The summed E-state index contributed by atoms with van der Waals surface area (Å²) in [6.45, 7) is 0. The molecule has 1 heterocycles. The average Bonchev–Trinajstić information content (AvgIpc) is 3.24. The molecule has 1 amide bonds. The van der Waals surface area contributed by atoms with E-state index in [0.29, 0.717) is 5.75 Å². The molecule has 3 rings (SSSR count). The minimum Gasteiger partial charge on any atom is -0.497 e. The van der Waals surface area contributed by atoms with Crippen LogP contribution in [0.2, 0.25) is 0 Å². The van der Waals surface area contributed by atoms with Crippen molar-refractivity contribution in [1.82, 2.24) is 9.97 Å². The maximum atomic E-state index is 11.6. The summed E-state index contributed by atoms with van der Waals surface area (Å²) in [5.41, 5.74) is 12.4. The molecule has 0 spiro atoms. The van der Waals surface area contributed by atoms with Crippen molar-refractivity contribution in [3.8, 4) is 5.75 Å². The molecule has 1 saturated carbocycles. The number of H-pyrrole nitrogens is 1. The Morgan fingerprint density at radius 1 is 1.57 bits per heavy atom. The Hall–Kier alpha value is -1.73. The summed E-state index contributed by atoms with van der Waals surface area (Å²) in [5.74, 6) is 0.970. The maximum absolute atomic E-state index is 11.6. The number of primary amides is 1. The van der Waals surface area contributed by atoms with Gasteiger partial charge in [-0.2, -0.15) is 0 Å². The quantitative estimate of drug-likeness (QED) is 0.696. The Labute approximate surface area is 126 Å². The van der Waals surface area contributed by atoms with E-state index in [1.807, 2.05) is 18.2 Å². The largest absolute Gasteiger partial charge is 0.497 e. The molecular formula is C14H18N4O2S. The van der Waals surface area contributed by atoms with Crippen LogP contribution >= 0.6 is 11.8 Å². The van der Waals surface area contributed by atoms with Gasteiger partial charge in [-0.25, -0.2) is 4.98 Å². The van der Waals surface area contributed by atoms with Gasteiger partial charge in [-0.3, -0.25) is 4.79 Å². The second-order valence-electron chi connectivity index (χ2n) is 5.39. The van der Waals surface area contributed by atoms with Crippen molar-refractivity contribution in [2.45, 2.75) is 23.5 Å². The number of aromatic amines is 1. The van der Waals surface area contributed by atoms with Crippen LogP contribution in [-0.2, 0) is 4.79 Å². The highest BCUT2D eigenvalue weighted by Crippen LogP contribution is 2.40. The SMILES string of the molecule is COc1ccc2nc(SCC(N)(C(N)=O)C3CC3)[nH]c2c1. The maximum Gasteiger partial charge on any atom is 0.238 e. The Balaban J connectivity index is 1.77. The summed E-state index contributed by atoms with van der Waals surface area (Å²) >= 11 is 1.43. The monoisotopic (exact) mass is 306 g/mol. The second-order valence-corrected chi connectivity index (χ2v) is 6.36. The number of nitrogens with one attached hydrogen (secondary N) is 1. The third-order valence-electron chi connectivity index (χ3n) is 3.88. The lowest BCUT2D eigenvalue weighted by atomic mass is 9.96. The van der Waals surface area contributed by atoms with Crippen molar-refractivity contribution in [3.05, 3.63) is 18.2 Å². The van der Waals surface area contributed by atoms with Crippen LogP contribution in [0, 0.1) is 5.92 Å². The highest BCUT2D eigenvalue weighted by atomic mass is 32.2. The molecule has 0 bridgehead atoms. The molecule has 0 saturated heterocycles. The van der Waals surface area contributed by atoms with Gasteiger partial charge in [0.25, 0.3) is 0 Å². The number of thioether (sulfide) groups is 1. The van der Waals surface area contributed by atoms with Gasteiger partial charge in [0.1, 0.15) is 11.3 Å². The number of rotatable bonds is 6. The highest BCUT2D eigenvalue weighted by Gasteiger charge is 2.46. The van der Waals surface area contributed by atoms with Crippen LogP contribution in [0.4, 0.5) is 0 Å². The van der Waals surface area contributed by atoms with E-state index in [1.165, 1.54) is 11.8 Å². The van der Waals surface area contributed by atoms with E-state index in [4.69, 9.17) is 16.2 Å². The zero-order chi connectivity index (χ0) is 15.0. The van der Waals surface area contributed by atoms with Crippen molar-refractivity contribution in [2.24, 2.45) is 17.4 Å². The number of ether oxygens (including phenoxy) is 1. The first-order valence-corrected chi connectivity index (χ1v) is 7.77. The summed E-state index contributed by atoms with van der Waals surface area (Å²) in [6, 6.07) is 5.63. The van der Waals surface area contributed by atoms with Gasteiger partial charge in [0.15, 0.2) is 5.16 Å². The molecule has 1 unspecified atom stereocenters. The topological polar surface area (TPSA) is 107 Å². The van der Waals surface area contributed by atoms with E-state index in [0.717, 1.165) is 34.8 Å². The molecule has 0 radical (unpaired) electrons. The first-order valence-electron chi connectivity index (χ1n) is 6.78. The average molecular weight is 306 g/mol. The van der Waals surface area contributed by atoms with Crippen LogP contribution in [0.15, 0.2) is 23.4 Å². The zero-order valence-electron chi connectivity index (χ0n) is 11.8. The fourth-order valence-corrected chi connectivity index (χ4v) is 3.44. The number of aromatic nitrogens is 2. The number of carbonyl (C=O) groups excluding carboxylic acids is 1. The number of imidazole rings is 1. The van der Waals surface area contributed by atoms with Gasteiger partial charge >= 0.3 is 0 Å². The standard InChI is InChI=1S/C14H18N4O2S/c1-20-9-4-5-10-11(6-9)18-13(17-10)21-7-14(16,12(15)19)8-2-3-8/h4-6,8H,2-3,7,16H2,1H3,(H2,15,19)(H,17,18). The van der Waals surface area contributed by atoms with Crippen LogP contribution in [0.5, 0.6) is 5.75 Å². The predicted octanol–water partition coefficient (Wildman–Crippen LogP) is 1.26. The number of hydrogen-bond acceptors (Lipinski definition) is 5. The zero-order valence-corrected chi connectivity index (χ0v) is 12.6. The van der Waals surface area contributed by atoms with Gasteiger partial charge in [-0.15, -0.1) is 0 Å². The lowest BCUT2D eigenvalue weighted by molar-refractivity contribution is -0.123. The second kappa shape index (κ2) is 5.23. The van der Waals surface area contributed by atoms with Crippen LogP contribution in [0.3, 0.4) is 0 Å². The molecule has 1 atom stereocenters. The Bertz CT molecular complexity index is 683. The summed E-state index contributed by atoms with van der Waals surface area (Å²) in [4.78, 5) is 19.3. The minimum atomic E-state index is -0.943. The number of benzene rings is 1. The minimum absolute atomic E-state index is 0.201. The Kier molecular flexibility index (Phi) is 3.54. The predicted molar refractivity (Wildman–Crippen MR) is 82.2 cm³/mol. The van der Waals surface area contributed by atoms with Gasteiger partial charge in [0, 0.05) is 11.8 Å². The molecule has 7 heteroatoms. The van der Waals surface area contributed by atoms with Gasteiger partial charge < -0.3 is 21.2 Å². The molecule has 1 aromatic carbocycles. The number of carbonyl (C=O) groups is 1. The smallest absolute Gasteiger partial charge is 0.238 e. The fraction of sp³-hybridized carbons (Fsp3) is 0.429. The number of hydrogen-bond donors (Lipinski definition) is 3. The van der Waals surface area contributed by atoms with Crippen molar-refractivity contribution < 1.29 is 9.53 Å². The third-order valence-corrected chi connectivity index (χ3v) is 4.97. The van der Waals surface area contributed by atoms with Crippen molar-refractivity contribution in [3.63, 3.8) is 0 Å². The van der Waals surface area contributed by atoms with Crippen LogP contribution < -0.4 is 16.2 Å². The summed E-state index contributed by atoms with van der Waals surface area (Å²) in [5, 5.41) is 0.731. The molecule has 21 heavy (non-hydrogen) atoms. The van der Waals surface area contributed by atoms with Gasteiger partial charge in [-0.1, -0.05) is 11.8 Å². The van der Waals surface area contributed by atoms with Crippen LogP contribution in [0.25, 0.3) is 11.0 Å². The molecular weight excluding hydrogens is 288 g/mol. The molecule has 5 N–H and O–H groups in total. The van der Waals surface area contributed by atoms with E-state index >= 15 is 0 Å². The third kappa shape index (κ3) is 2.71. The normalized spacial score (nSPS) is 17.6. The van der Waals surface area contributed by atoms with Gasteiger partial charge in [0.05, 0.1) is 18.1 Å². The van der Waals surface area contributed by atoms with Gasteiger partial charge in [-0.05, 0) is 30.9 Å². The van der Waals surface area contributed by atoms with E-state index in [1.54, 1.807) is 7.11 Å². The van der Waals surface area contributed by atoms with Gasteiger partial charge in [0.2, 0.25) is 5.91 Å². The van der Waals surface area contributed by atoms with E-state index in [-0.39, 0.29) is 5.92 Å². The Morgan fingerprint density at radius 2 is 2.33 bits per heavy atom. The van der Waals surface area contributed by atoms with E-state index in [9.17, 15) is 4.79 Å². The first kappa shape index (κ1) is 14.2. The summed E-state index contributed by atoms with van der Waals surface area (Å²) < 4.78 is 5.18. The summed E-state index contributed by atoms with van der Waals surface area (Å²) in [6.07, 6.45) is 1.94. The van der Waals surface area contributed by atoms with Crippen LogP contribution in [0.1, 0.15) is 12.8 Å². The number of methoxy groups -OCH3 is 1. The Morgan fingerprint density at radius 3 is 2.95 bits per heavy atom. The molecule has 6 nitrogen and oxygen atoms in total. The van der Waals surface area contributed by atoms with Crippen molar-refractivity contribution >= 4 is 28.7 Å². The molecule has 112 valence electrons. The highest BCUT2D eigenvalue weighted by molar-refractivity contribution is 7.99. The lowest BCUT2D eigenvalue weighted by Crippen LogP contribution is -2.56. The van der Waals surface area contributed by atoms with E-state index in [2.05, 4.69) is 9.97 Å². The lowest BCUT2D eigenvalue weighted by Gasteiger charge is -2.24. The number of nitrogens with two attached hydrogens (primary N) is 2. The van der Waals surface area contributed by atoms with E-state index < -0.39 is 11.4 Å². The summed E-state index contributed by atoms with van der Waals surface area (Å²) in [7, 11) is 1.62. The molecule has 1 fully saturated rings. The number of nitrogens with zero attached hydrogens (tertiary/aromatic N) is 1. The van der Waals surface area contributed by atoms with Crippen LogP contribution in [-0.4, -0.2) is 34.3 Å².